The number of benzene rings is 2. The molecule has 1 fully saturated rings. The Bertz CT molecular complexity index is 3270. The number of rotatable bonds is 47. The van der Waals surface area contributed by atoms with Gasteiger partial charge in [-0.3, -0.25) is 77.5 Å². The largest absolute Gasteiger partial charge is 0.370 e. The summed E-state index contributed by atoms with van der Waals surface area (Å²) in [5.74, 6) is -10.5. The van der Waals surface area contributed by atoms with Crippen molar-refractivity contribution >= 4 is 94.7 Å². The van der Waals surface area contributed by atoms with Gasteiger partial charge in [-0.25, -0.2) is 0 Å². The number of nitrogens with zero attached hydrogens (tertiary/aromatic N) is 5. The summed E-state index contributed by atoms with van der Waals surface area (Å²) in [7, 11) is 0. The van der Waals surface area contributed by atoms with E-state index >= 15 is 0 Å². The van der Waals surface area contributed by atoms with Crippen LogP contribution in [0.4, 0.5) is 0 Å². The molecule has 0 spiro atoms. The summed E-state index contributed by atoms with van der Waals surface area (Å²) in [5, 5.41) is 26.8. The molecule has 0 unspecified atom stereocenters. The molecule has 1 aliphatic heterocycles. The first-order valence-corrected chi connectivity index (χ1v) is 34.9. The van der Waals surface area contributed by atoms with E-state index in [1.54, 1.807) is 74.5 Å². The molecule has 576 valence electrons. The molecule has 0 radical (unpaired) electrons. The fraction of sp³-hybridized carbons (Fsp3) is 0.582. The Kier molecular flexibility index (Phi) is 39.1. The maximum Gasteiger partial charge on any atom is 0.245 e. The molecule has 11 atom stereocenters. The van der Waals surface area contributed by atoms with Gasteiger partial charge in [-0.2, -0.15) is 0 Å². The van der Waals surface area contributed by atoms with Gasteiger partial charge in [0, 0.05) is 52.5 Å². The van der Waals surface area contributed by atoms with Crippen molar-refractivity contribution in [3.63, 3.8) is 0 Å². The Balaban J connectivity index is 2.01. The van der Waals surface area contributed by atoms with Gasteiger partial charge in [-0.05, 0) is 127 Å². The lowest BCUT2D eigenvalue weighted by molar-refractivity contribution is -0.142. The van der Waals surface area contributed by atoms with Crippen molar-refractivity contribution in [3.8, 4) is 0 Å². The Hall–Kier alpha value is -10.9. The van der Waals surface area contributed by atoms with E-state index in [1.165, 1.54) is 25.7 Å². The summed E-state index contributed by atoms with van der Waals surface area (Å²) in [4.78, 5) is 185. The van der Waals surface area contributed by atoms with E-state index in [0.29, 0.717) is 36.9 Å². The average Bonchev–Trinajstić information content (AvgIpc) is 1.66. The van der Waals surface area contributed by atoms with E-state index in [2.05, 4.69) is 73.1 Å². The number of nitrogens with one attached hydrogen (secondary N) is 10. The first-order valence-electron chi connectivity index (χ1n) is 34.9. The standard InChI is InChI=1S/C67H111N25O12/c1-38(2)35-49(90-58(99)47(26-16-32-80-66(74)75)87-60(101)51(37-43-21-10-7-11-22-43)91-61(102)50(36-42-19-8-6-9-20-42)89-54(95)39(3)82-41(5)93)59(100)86-46(25-15-31-79-65(72)73)57(98)85-45(24-14-30-78-64(70)71)56(97)83-40(4)55(96)88-48(27-17-33-81-67(76)77)63(104)92-34-18-28-52(92)62(103)84-44(53(69)94)23-12-13-29-68/h6-11,19-22,38-40,44-52H,12-18,23-37,68H2,1-5H3,(H2,69,94)(H,82,93)(H,83,97)(H,84,103)(H,85,98)(H,86,100)(H,87,101)(H,88,96)(H,89,95)(H,90,99)(H,91,102)(H4,70,71,78)(H4,72,73,79)(H4,74,75,80)(H4,76,77,81)/t39-,40+,44-,45-,46-,47-,48-,49-,50-,51-,52-/m0/s1. The summed E-state index contributed by atoms with van der Waals surface area (Å²) in [6.07, 6.45) is 1.78. The van der Waals surface area contributed by atoms with Gasteiger partial charge in [-0.15, -0.1) is 0 Å². The minimum absolute atomic E-state index is 0.00182. The third-order valence-electron chi connectivity index (χ3n) is 16.5. The van der Waals surface area contributed by atoms with Crippen LogP contribution in [0.15, 0.2) is 80.6 Å². The number of hydrogen-bond acceptors (Lipinski definition) is 17. The highest BCUT2D eigenvalue weighted by Crippen LogP contribution is 2.21. The van der Waals surface area contributed by atoms with Crippen LogP contribution < -0.4 is 111 Å². The lowest BCUT2D eigenvalue weighted by Crippen LogP contribution is -2.61. The van der Waals surface area contributed by atoms with E-state index in [-0.39, 0.29) is 146 Å². The number of hydrogen-bond donors (Lipinski definition) is 20. The normalized spacial score (nSPS) is 15.3. The maximum absolute atomic E-state index is 14.8. The van der Waals surface area contributed by atoms with Gasteiger partial charge in [-0.1, -0.05) is 74.5 Å². The molecule has 1 saturated heterocycles. The number of carbonyl (C=O) groups excluding carboxylic acids is 12. The van der Waals surface area contributed by atoms with Gasteiger partial charge >= 0.3 is 0 Å². The van der Waals surface area contributed by atoms with E-state index < -0.39 is 137 Å². The first-order chi connectivity index (χ1) is 49.3. The van der Waals surface area contributed by atoms with Gasteiger partial charge < -0.3 is 115 Å². The second-order valence-electron chi connectivity index (χ2n) is 25.8. The molecule has 30 N–H and O–H groups in total. The number of nitrogens with two attached hydrogens (primary N) is 10. The molecule has 104 heavy (non-hydrogen) atoms. The quantitative estimate of drug-likeness (QED) is 0.0167. The Morgan fingerprint density at radius 3 is 1.15 bits per heavy atom. The number of aliphatic imine (C=N–C) groups is 4. The molecular formula is C67H111N25O12. The lowest BCUT2D eigenvalue weighted by Gasteiger charge is -2.30. The molecule has 12 amide bonds. The van der Waals surface area contributed by atoms with Crippen LogP contribution in [0.1, 0.15) is 136 Å². The predicted molar refractivity (Wildman–Crippen MR) is 393 cm³/mol. The molecule has 0 aliphatic carbocycles. The first kappa shape index (κ1) is 87.3. The van der Waals surface area contributed by atoms with Crippen LogP contribution in [0.5, 0.6) is 0 Å². The van der Waals surface area contributed by atoms with E-state index in [4.69, 9.17) is 57.3 Å². The summed E-state index contributed by atoms with van der Waals surface area (Å²) < 4.78 is 0. The van der Waals surface area contributed by atoms with Crippen LogP contribution in [-0.2, 0) is 70.4 Å². The molecule has 2 aromatic rings. The molecule has 2 aromatic carbocycles. The minimum Gasteiger partial charge on any atom is -0.370 e. The van der Waals surface area contributed by atoms with Crippen molar-refractivity contribution in [2.24, 2.45) is 83.2 Å². The minimum atomic E-state index is -1.47. The fourth-order valence-corrected chi connectivity index (χ4v) is 11.2. The van der Waals surface area contributed by atoms with Crippen molar-refractivity contribution < 1.29 is 57.5 Å². The van der Waals surface area contributed by atoms with Crippen molar-refractivity contribution in [1.82, 2.24) is 58.1 Å². The van der Waals surface area contributed by atoms with Crippen molar-refractivity contribution in [1.29, 1.82) is 0 Å². The fourth-order valence-electron chi connectivity index (χ4n) is 11.2. The van der Waals surface area contributed by atoms with Gasteiger partial charge in [0.25, 0.3) is 0 Å². The van der Waals surface area contributed by atoms with Crippen LogP contribution in [-0.4, -0.2) is 205 Å². The van der Waals surface area contributed by atoms with E-state index in [0.717, 1.165) is 0 Å². The predicted octanol–water partition coefficient (Wildman–Crippen LogP) is -5.75. The Morgan fingerprint density at radius 2 is 0.760 bits per heavy atom. The third kappa shape index (κ3) is 33.7. The SMILES string of the molecule is CC(=O)N[C@@H](C)C(=O)N[C@@H](Cc1ccccc1)C(=O)N[C@@H](Cc1ccccc1)C(=O)N[C@@H](CCCN=C(N)N)C(=O)N[C@@H](CC(C)C)C(=O)N[C@@H](CCCN=C(N)N)C(=O)N[C@@H](CCCN=C(N)N)C(=O)N[C@H](C)C(=O)N[C@@H](CCCN=C(N)N)C(=O)N1CCC[C@H]1C(=O)N[C@@H](CCCCN)C(N)=O. The summed E-state index contributed by atoms with van der Waals surface area (Å²) in [6.45, 7) is 8.05. The van der Waals surface area contributed by atoms with Crippen LogP contribution in [0.2, 0.25) is 0 Å². The monoisotopic (exact) mass is 1460 g/mol. The molecule has 3 rings (SSSR count). The zero-order chi connectivity index (χ0) is 77.4. The maximum atomic E-state index is 14.8. The highest BCUT2D eigenvalue weighted by molar-refractivity contribution is 5.99. The zero-order valence-electron chi connectivity index (χ0n) is 60.2. The number of amides is 12. The van der Waals surface area contributed by atoms with Gasteiger partial charge in [0.15, 0.2) is 23.8 Å². The van der Waals surface area contributed by atoms with Gasteiger partial charge in [0.1, 0.15) is 66.5 Å². The smallest absolute Gasteiger partial charge is 0.245 e. The van der Waals surface area contributed by atoms with E-state index in [9.17, 15) is 57.5 Å². The molecule has 1 aliphatic rings. The summed E-state index contributed by atoms with van der Waals surface area (Å²) in [5.41, 5.74) is 57.3. The topological polar surface area (TPSA) is 638 Å². The van der Waals surface area contributed by atoms with Crippen LogP contribution in [0, 0.1) is 5.92 Å². The third-order valence-corrected chi connectivity index (χ3v) is 16.5. The Labute approximate surface area is 606 Å². The number of unbranched alkanes of at least 4 members (excludes halogenated alkanes) is 1. The van der Waals surface area contributed by atoms with Crippen LogP contribution >= 0.6 is 0 Å². The van der Waals surface area contributed by atoms with Crippen LogP contribution in [0.3, 0.4) is 0 Å². The molecule has 1 heterocycles. The van der Waals surface area contributed by atoms with Gasteiger partial charge in [0.05, 0.1) is 0 Å². The van der Waals surface area contributed by atoms with Gasteiger partial charge in [0.2, 0.25) is 70.9 Å². The second-order valence-corrected chi connectivity index (χ2v) is 25.8. The molecule has 0 saturated carbocycles. The second kappa shape index (κ2) is 46.6. The molecule has 37 heteroatoms. The number of likely N-dealkylation sites (tertiary alicyclic amines) is 1. The highest BCUT2D eigenvalue weighted by atomic mass is 16.2. The van der Waals surface area contributed by atoms with Crippen LogP contribution in [0.25, 0.3) is 0 Å². The lowest BCUT2D eigenvalue weighted by atomic mass is 10.00. The van der Waals surface area contributed by atoms with E-state index in [1.807, 2.05) is 0 Å². The molecule has 0 bridgehead atoms. The Morgan fingerprint density at radius 1 is 0.413 bits per heavy atom. The average molecular weight is 1460 g/mol. The molecular weight excluding hydrogens is 1350 g/mol. The number of primary amides is 1. The van der Waals surface area contributed by atoms with Crippen molar-refractivity contribution in [2.75, 3.05) is 39.3 Å². The zero-order valence-corrected chi connectivity index (χ0v) is 60.2. The van der Waals surface area contributed by atoms with Crippen molar-refractivity contribution in [3.05, 3.63) is 71.8 Å². The molecule has 37 nitrogen and oxygen atoms in total. The highest BCUT2D eigenvalue weighted by Gasteiger charge is 2.40. The summed E-state index contributed by atoms with van der Waals surface area (Å²) in [6, 6.07) is 3.16. The molecule has 0 aromatic heterocycles. The van der Waals surface area contributed by atoms with Crippen molar-refractivity contribution in [2.45, 2.75) is 204 Å². The summed E-state index contributed by atoms with van der Waals surface area (Å²) >= 11 is 0. The number of carbonyl (C=O) groups is 12. The number of guanidine groups is 4.